The Morgan fingerprint density at radius 1 is 0.971 bits per heavy atom. The quantitative estimate of drug-likeness (QED) is 0.163. The summed E-state index contributed by atoms with van der Waals surface area (Å²) in [5, 5.41) is 4.36. The van der Waals surface area contributed by atoms with Crippen LogP contribution in [0, 0.1) is 47.8 Å². The van der Waals surface area contributed by atoms with E-state index in [1.807, 2.05) is 0 Å². The summed E-state index contributed by atoms with van der Waals surface area (Å²) in [6.45, 7) is 9.05. The van der Waals surface area contributed by atoms with Crippen LogP contribution in [0.4, 0.5) is 22.0 Å². The predicted octanol–water partition coefficient (Wildman–Crippen LogP) is 7.70. The molecule has 1 aliphatic carbocycles. The van der Waals surface area contributed by atoms with Gasteiger partial charge in [-0.2, -0.15) is 5.10 Å². The van der Waals surface area contributed by atoms with Crippen molar-refractivity contribution in [3.05, 3.63) is 34.8 Å². The molecule has 1 heterocycles. The topological polar surface area (TPSA) is 44.1 Å². The van der Waals surface area contributed by atoms with E-state index in [9.17, 15) is 26.7 Å². The number of hydrogen-bond acceptors (Lipinski definition) is 4. The lowest BCUT2D eigenvalue weighted by Gasteiger charge is -2.28. The standard InChI is InChI=1S/C25H31F5N2O2S/c1-6-7-8-14-9-11-15(12-10-14)24(33)34-23-21(13(2)31-32(23)25(3,4)5)35-22-19(29)17(27)16(26)18(28)20(22)30/h14-15H,6-12H2,1-5H3. The average Bonchev–Trinajstić information content (AvgIpc) is 3.13. The molecule has 0 saturated heterocycles. The van der Waals surface area contributed by atoms with Gasteiger partial charge in [0.2, 0.25) is 11.7 Å². The summed E-state index contributed by atoms with van der Waals surface area (Å²) in [5.41, 5.74) is -0.451. The average molecular weight is 519 g/mol. The van der Waals surface area contributed by atoms with Crippen LogP contribution < -0.4 is 4.74 Å². The van der Waals surface area contributed by atoms with Gasteiger partial charge in [0.15, 0.2) is 23.3 Å². The molecule has 1 aromatic carbocycles. The zero-order chi connectivity index (χ0) is 26.1. The fourth-order valence-electron chi connectivity index (χ4n) is 4.29. The normalized spacial score (nSPS) is 18.7. The van der Waals surface area contributed by atoms with E-state index in [1.165, 1.54) is 11.6 Å². The van der Waals surface area contributed by atoms with Crippen molar-refractivity contribution in [3.8, 4) is 5.88 Å². The first kappa shape index (κ1) is 27.5. The molecule has 1 aliphatic rings. The zero-order valence-electron chi connectivity index (χ0n) is 20.6. The lowest BCUT2D eigenvalue weighted by Crippen LogP contribution is -2.29. The summed E-state index contributed by atoms with van der Waals surface area (Å²) in [6.07, 6.45) is 6.61. The van der Waals surface area contributed by atoms with Crippen LogP contribution in [0.25, 0.3) is 0 Å². The molecule has 0 atom stereocenters. The molecule has 1 aromatic heterocycles. The molecule has 194 valence electrons. The van der Waals surface area contributed by atoms with E-state index in [0.29, 0.717) is 30.5 Å². The largest absolute Gasteiger partial charge is 0.406 e. The van der Waals surface area contributed by atoms with Gasteiger partial charge in [-0.1, -0.05) is 37.9 Å². The van der Waals surface area contributed by atoms with Crippen LogP contribution in [0.3, 0.4) is 0 Å². The Hall–Kier alpha value is -2.10. The number of nitrogens with zero attached hydrogens (tertiary/aromatic N) is 2. The zero-order valence-corrected chi connectivity index (χ0v) is 21.4. The molecule has 1 fully saturated rings. The van der Waals surface area contributed by atoms with Gasteiger partial charge in [0, 0.05) is 0 Å². The lowest BCUT2D eigenvalue weighted by atomic mass is 9.80. The van der Waals surface area contributed by atoms with Gasteiger partial charge >= 0.3 is 5.97 Å². The minimum absolute atomic E-state index is 0.0214. The van der Waals surface area contributed by atoms with E-state index in [2.05, 4.69) is 12.0 Å². The number of carbonyl (C=O) groups is 1. The molecule has 0 aliphatic heterocycles. The van der Waals surface area contributed by atoms with Crippen LogP contribution >= 0.6 is 11.8 Å². The van der Waals surface area contributed by atoms with E-state index < -0.39 is 45.5 Å². The van der Waals surface area contributed by atoms with Crippen LogP contribution in [-0.2, 0) is 10.3 Å². The van der Waals surface area contributed by atoms with E-state index in [1.54, 1.807) is 20.8 Å². The Balaban J connectivity index is 1.92. The number of rotatable bonds is 7. The predicted molar refractivity (Wildman–Crippen MR) is 123 cm³/mol. The summed E-state index contributed by atoms with van der Waals surface area (Å²) in [4.78, 5) is 12.0. The van der Waals surface area contributed by atoms with Crippen molar-refractivity contribution in [2.24, 2.45) is 11.8 Å². The number of aromatic nitrogens is 2. The fourth-order valence-corrected chi connectivity index (χ4v) is 5.25. The first-order valence-electron chi connectivity index (χ1n) is 11.9. The van der Waals surface area contributed by atoms with E-state index in [0.717, 1.165) is 32.1 Å². The van der Waals surface area contributed by atoms with Crippen molar-refractivity contribution in [1.82, 2.24) is 9.78 Å². The van der Waals surface area contributed by atoms with E-state index >= 15 is 0 Å². The van der Waals surface area contributed by atoms with Crippen LogP contribution in [0.15, 0.2) is 9.79 Å². The van der Waals surface area contributed by atoms with Gasteiger partial charge in [-0.15, -0.1) is 0 Å². The summed E-state index contributed by atoms with van der Waals surface area (Å²) in [7, 11) is 0. The molecule has 1 saturated carbocycles. The van der Waals surface area contributed by atoms with Gasteiger partial charge in [-0.25, -0.2) is 26.6 Å². The number of halogens is 5. The monoisotopic (exact) mass is 518 g/mol. The molecule has 0 amide bonds. The molecule has 2 aromatic rings. The van der Waals surface area contributed by atoms with Gasteiger partial charge in [0.1, 0.15) is 0 Å². The summed E-state index contributed by atoms with van der Waals surface area (Å²) in [5.74, 6) is -10.5. The molecular weight excluding hydrogens is 487 g/mol. The smallest absolute Gasteiger partial charge is 0.315 e. The van der Waals surface area contributed by atoms with Crippen LogP contribution in [-0.4, -0.2) is 15.7 Å². The highest BCUT2D eigenvalue weighted by Crippen LogP contribution is 2.44. The molecule has 4 nitrogen and oxygen atoms in total. The Kier molecular flexibility index (Phi) is 8.55. The second kappa shape index (κ2) is 10.9. The maximum atomic E-state index is 14.4. The number of ether oxygens (including phenoxy) is 1. The molecule has 0 unspecified atom stereocenters. The second-order valence-electron chi connectivity index (χ2n) is 10.1. The van der Waals surface area contributed by atoms with Crippen molar-refractivity contribution in [1.29, 1.82) is 0 Å². The third-order valence-electron chi connectivity index (χ3n) is 6.32. The summed E-state index contributed by atoms with van der Waals surface area (Å²) >= 11 is 0.309. The molecule has 3 rings (SSSR count). The maximum Gasteiger partial charge on any atom is 0.315 e. The molecule has 0 N–H and O–H groups in total. The van der Waals surface area contributed by atoms with Crippen molar-refractivity contribution < 1.29 is 31.5 Å². The van der Waals surface area contributed by atoms with Gasteiger partial charge in [-0.3, -0.25) is 4.79 Å². The molecule has 0 bridgehead atoms. The van der Waals surface area contributed by atoms with E-state index in [-0.39, 0.29) is 22.4 Å². The highest BCUT2D eigenvalue weighted by atomic mass is 32.2. The molecule has 0 radical (unpaired) electrons. The van der Waals surface area contributed by atoms with Crippen molar-refractivity contribution in [2.45, 2.75) is 94.9 Å². The Bertz CT molecular complexity index is 1060. The first-order valence-corrected chi connectivity index (χ1v) is 12.7. The third-order valence-corrected chi connectivity index (χ3v) is 7.55. The van der Waals surface area contributed by atoms with Crippen LogP contribution in [0.1, 0.15) is 78.3 Å². The van der Waals surface area contributed by atoms with Gasteiger partial charge in [0.05, 0.1) is 26.9 Å². The fraction of sp³-hybridized carbons (Fsp3) is 0.600. The minimum Gasteiger partial charge on any atom is -0.406 e. The first-order chi connectivity index (χ1) is 16.4. The number of benzene rings is 1. The summed E-state index contributed by atoms with van der Waals surface area (Å²) in [6, 6.07) is 0. The number of hydrogen-bond donors (Lipinski definition) is 0. The second-order valence-corrected chi connectivity index (χ2v) is 11.1. The minimum atomic E-state index is -2.23. The van der Waals surface area contributed by atoms with Crippen molar-refractivity contribution in [2.75, 3.05) is 0 Å². The number of carbonyl (C=O) groups excluding carboxylic acids is 1. The number of esters is 1. The molecule has 35 heavy (non-hydrogen) atoms. The molecule has 0 spiro atoms. The van der Waals surface area contributed by atoms with Crippen molar-refractivity contribution >= 4 is 17.7 Å². The number of aryl methyl sites for hydroxylation is 1. The van der Waals surface area contributed by atoms with Crippen molar-refractivity contribution in [3.63, 3.8) is 0 Å². The van der Waals surface area contributed by atoms with Crippen LogP contribution in [0.5, 0.6) is 5.88 Å². The van der Waals surface area contributed by atoms with E-state index in [4.69, 9.17) is 4.74 Å². The highest BCUT2D eigenvalue weighted by molar-refractivity contribution is 7.99. The number of unbranched alkanes of at least 4 members (excludes halogenated alkanes) is 1. The van der Waals surface area contributed by atoms with Gasteiger partial charge in [0.25, 0.3) is 0 Å². The van der Waals surface area contributed by atoms with Gasteiger partial charge in [-0.05, 0) is 59.3 Å². The van der Waals surface area contributed by atoms with Crippen LogP contribution in [0.2, 0.25) is 0 Å². The lowest BCUT2D eigenvalue weighted by molar-refractivity contribution is -0.141. The Morgan fingerprint density at radius 2 is 1.51 bits per heavy atom. The SMILES string of the molecule is CCCCC1CCC(C(=O)Oc2c(Sc3c(F)c(F)c(F)c(F)c3F)c(C)nn2C(C)(C)C)CC1. The molecule has 10 heteroatoms. The third kappa shape index (κ3) is 5.84. The van der Waals surface area contributed by atoms with Gasteiger partial charge < -0.3 is 4.74 Å². The summed E-state index contributed by atoms with van der Waals surface area (Å²) < 4.78 is 77.0. The highest BCUT2D eigenvalue weighted by Gasteiger charge is 2.34. The maximum absolute atomic E-state index is 14.4. The molecular formula is C25H31F5N2O2S. The Labute approximate surface area is 206 Å². The Morgan fingerprint density at radius 3 is 2.03 bits per heavy atom.